The molecule has 0 aliphatic carbocycles. The van der Waals surface area contributed by atoms with E-state index >= 15 is 0 Å². The Hall–Kier alpha value is -3.56. The number of aryl methyl sites for hydroxylation is 1. The van der Waals surface area contributed by atoms with Crippen molar-refractivity contribution < 1.29 is 18.0 Å². The molecule has 0 aliphatic heterocycles. The molecule has 0 aliphatic rings. The Morgan fingerprint density at radius 2 is 1.48 bits per heavy atom. The maximum absolute atomic E-state index is 14.6. The Kier molecular flexibility index (Phi) is 11.4. The average molecular weight is 701 g/mol. The number of amides is 2. The quantitative estimate of drug-likeness (QED) is 0.174. The predicted octanol–water partition coefficient (Wildman–Crippen LogP) is 7.71. The van der Waals surface area contributed by atoms with Crippen LogP contribution in [-0.4, -0.2) is 43.3 Å². The van der Waals surface area contributed by atoms with E-state index in [9.17, 15) is 18.0 Å². The molecule has 242 valence electrons. The molecule has 0 bridgehead atoms. The molecule has 4 rings (SSSR count). The molecule has 1 atom stereocenters. The van der Waals surface area contributed by atoms with Crippen LogP contribution >= 0.6 is 34.8 Å². The van der Waals surface area contributed by atoms with E-state index in [2.05, 4.69) is 5.32 Å². The van der Waals surface area contributed by atoms with Crippen LogP contribution < -0.4 is 9.62 Å². The fourth-order valence-electron chi connectivity index (χ4n) is 4.84. The minimum absolute atomic E-state index is 0.00415. The number of anilines is 1. The zero-order valence-electron chi connectivity index (χ0n) is 26.0. The lowest BCUT2D eigenvalue weighted by molar-refractivity contribution is -0.140. The van der Waals surface area contributed by atoms with Gasteiger partial charge in [-0.2, -0.15) is 0 Å². The molecule has 7 nitrogen and oxygen atoms in total. The SMILES string of the molecule is Cc1ccc(S(=O)(=O)N(CC(=O)N(Cc2ccc(Cl)cc2Cl)[C@@H](Cc2ccccc2)C(=O)NC(C)(C)C)c2cccc(Cl)c2)cc1. The first kappa shape index (κ1) is 35.3. The van der Waals surface area contributed by atoms with E-state index in [1.54, 1.807) is 48.5 Å². The third-order valence-corrected chi connectivity index (χ3v) is 9.72. The standard InChI is InChI=1S/C35H36Cl3N3O4S/c1-24-13-17-30(18-14-24)46(44,45)41(29-12-8-11-27(36)20-29)23-33(42)40(22-26-15-16-28(37)21-31(26)38)32(34(43)39-35(2,3)4)19-25-9-6-5-7-10-25/h5-18,20-21,32H,19,22-23H2,1-4H3,(H,39,43)/t32-/m0/s1. The van der Waals surface area contributed by atoms with Crippen molar-refractivity contribution in [2.45, 2.75) is 57.1 Å². The first-order chi connectivity index (χ1) is 21.6. The van der Waals surface area contributed by atoms with Gasteiger partial charge in [-0.05, 0) is 81.3 Å². The minimum atomic E-state index is -4.25. The molecule has 0 saturated heterocycles. The van der Waals surface area contributed by atoms with E-state index in [0.29, 0.717) is 20.6 Å². The number of halogens is 3. The van der Waals surface area contributed by atoms with Crippen LogP contribution in [0.4, 0.5) is 5.69 Å². The van der Waals surface area contributed by atoms with E-state index in [1.807, 2.05) is 58.0 Å². The van der Waals surface area contributed by atoms with Crippen LogP contribution in [0.3, 0.4) is 0 Å². The van der Waals surface area contributed by atoms with Gasteiger partial charge < -0.3 is 10.2 Å². The number of carbonyl (C=O) groups excluding carboxylic acids is 2. The van der Waals surface area contributed by atoms with Gasteiger partial charge in [-0.25, -0.2) is 8.42 Å². The van der Waals surface area contributed by atoms with Crippen molar-refractivity contribution in [3.05, 3.63) is 129 Å². The lowest BCUT2D eigenvalue weighted by Gasteiger charge is -2.35. The van der Waals surface area contributed by atoms with Crippen LogP contribution in [-0.2, 0) is 32.6 Å². The number of carbonyl (C=O) groups is 2. The number of hydrogen-bond acceptors (Lipinski definition) is 4. The maximum Gasteiger partial charge on any atom is 0.264 e. The van der Waals surface area contributed by atoms with Crippen molar-refractivity contribution in [1.29, 1.82) is 0 Å². The summed E-state index contributed by atoms with van der Waals surface area (Å²) in [5.41, 5.74) is 1.82. The molecule has 0 fully saturated rings. The second kappa shape index (κ2) is 14.9. The number of nitrogens with one attached hydrogen (secondary N) is 1. The third kappa shape index (κ3) is 9.26. The summed E-state index contributed by atoms with van der Waals surface area (Å²) >= 11 is 19.0. The minimum Gasteiger partial charge on any atom is -0.350 e. The summed E-state index contributed by atoms with van der Waals surface area (Å²) in [6.45, 7) is 6.70. The lowest BCUT2D eigenvalue weighted by Crippen LogP contribution is -2.56. The van der Waals surface area contributed by atoms with Crippen molar-refractivity contribution in [2.24, 2.45) is 0 Å². The zero-order chi connectivity index (χ0) is 33.6. The Labute approximate surface area is 286 Å². The largest absolute Gasteiger partial charge is 0.350 e. The number of sulfonamides is 1. The molecule has 4 aromatic rings. The second-order valence-corrected chi connectivity index (χ2v) is 15.1. The maximum atomic E-state index is 14.6. The van der Waals surface area contributed by atoms with Crippen molar-refractivity contribution in [1.82, 2.24) is 10.2 Å². The first-order valence-electron chi connectivity index (χ1n) is 14.6. The highest BCUT2D eigenvalue weighted by Crippen LogP contribution is 2.29. The van der Waals surface area contributed by atoms with Crippen LogP contribution in [0.15, 0.2) is 102 Å². The van der Waals surface area contributed by atoms with Gasteiger partial charge in [-0.15, -0.1) is 0 Å². The van der Waals surface area contributed by atoms with E-state index in [0.717, 1.165) is 15.4 Å². The third-order valence-electron chi connectivity index (χ3n) is 7.11. The Morgan fingerprint density at radius 3 is 2.09 bits per heavy atom. The van der Waals surface area contributed by atoms with Gasteiger partial charge in [0.15, 0.2) is 0 Å². The van der Waals surface area contributed by atoms with Crippen LogP contribution in [0.5, 0.6) is 0 Å². The van der Waals surface area contributed by atoms with Crippen molar-refractivity contribution >= 4 is 62.3 Å². The van der Waals surface area contributed by atoms with Gasteiger partial charge >= 0.3 is 0 Å². The molecule has 2 amide bonds. The second-order valence-electron chi connectivity index (χ2n) is 12.0. The first-order valence-corrected chi connectivity index (χ1v) is 17.2. The number of hydrogen-bond donors (Lipinski definition) is 1. The summed E-state index contributed by atoms with van der Waals surface area (Å²) in [7, 11) is -4.25. The molecule has 0 aromatic heterocycles. The van der Waals surface area contributed by atoms with Crippen molar-refractivity contribution in [2.75, 3.05) is 10.8 Å². The highest BCUT2D eigenvalue weighted by atomic mass is 35.5. The molecule has 46 heavy (non-hydrogen) atoms. The molecular formula is C35H36Cl3N3O4S. The summed E-state index contributed by atoms with van der Waals surface area (Å²) in [5.74, 6) is -1.02. The lowest BCUT2D eigenvalue weighted by atomic mass is 10.0. The topological polar surface area (TPSA) is 86.8 Å². The molecule has 0 heterocycles. The van der Waals surface area contributed by atoms with E-state index < -0.39 is 40.0 Å². The number of nitrogens with zero attached hydrogens (tertiary/aromatic N) is 2. The summed E-state index contributed by atoms with van der Waals surface area (Å²) in [5, 5.41) is 4.01. The van der Waals surface area contributed by atoms with Gasteiger partial charge in [0.1, 0.15) is 12.6 Å². The molecule has 0 unspecified atom stereocenters. The van der Waals surface area contributed by atoms with Crippen molar-refractivity contribution in [3.8, 4) is 0 Å². The van der Waals surface area contributed by atoms with Crippen molar-refractivity contribution in [3.63, 3.8) is 0 Å². The molecule has 0 spiro atoms. The number of rotatable bonds is 11. The monoisotopic (exact) mass is 699 g/mol. The fourth-order valence-corrected chi connectivity index (χ4v) is 6.90. The van der Waals surface area contributed by atoms with Crippen LogP contribution in [0, 0.1) is 6.92 Å². The predicted molar refractivity (Wildman–Crippen MR) is 186 cm³/mol. The molecule has 0 radical (unpaired) electrons. The fraction of sp³-hybridized carbons (Fsp3) is 0.257. The van der Waals surface area contributed by atoms with E-state index in [4.69, 9.17) is 34.8 Å². The van der Waals surface area contributed by atoms with Gasteiger partial charge in [0.2, 0.25) is 11.8 Å². The summed E-state index contributed by atoms with van der Waals surface area (Å²) in [4.78, 5) is 29.9. The van der Waals surface area contributed by atoms with Gasteiger partial charge in [-0.1, -0.05) is 95.0 Å². The van der Waals surface area contributed by atoms with Gasteiger partial charge in [-0.3, -0.25) is 13.9 Å². The highest BCUT2D eigenvalue weighted by molar-refractivity contribution is 7.92. The summed E-state index contributed by atoms with van der Waals surface area (Å²) < 4.78 is 29.3. The van der Waals surface area contributed by atoms with Crippen LogP contribution in [0.25, 0.3) is 0 Å². The molecule has 4 aromatic carbocycles. The van der Waals surface area contributed by atoms with Gasteiger partial charge in [0.25, 0.3) is 10.0 Å². The van der Waals surface area contributed by atoms with Gasteiger partial charge in [0, 0.05) is 33.6 Å². The van der Waals surface area contributed by atoms with E-state index in [-0.39, 0.29) is 23.5 Å². The van der Waals surface area contributed by atoms with Crippen LogP contribution in [0.2, 0.25) is 15.1 Å². The molecule has 1 N–H and O–H groups in total. The number of benzene rings is 4. The molecule has 11 heteroatoms. The summed E-state index contributed by atoms with van der Waals surface area (Å²) in [6.07, 6.45) is 0.168. The smallest absolute Gasteiger partial charge is 0.264 e. The Bertz CT molecular complexity index is 1790. The summed E-state index contributed by atoms with van der Waals surface area (Å²) in [6, 6.07) is 25.8. The van der Waals surface area contributed by atoms with Gasteiger partial charge in [0.05, 0.1) is 10.6 Å². The highest BCUT2D eigenvalue weighted by Gasteiger charge is 2.36. The van der Waals surface area contributed by atoms with Crippen LogP contribution in [0.1, 0.15) is 37.5 Å². The van der Waals surface area contributed by atoms with E-state index in [1.165, 1.54) is 23.1 Å². The average Bonchev–Trinajstić information content (AvgIpc) is 2.98. The Balaban J connectivity index is 1.84. The Morgan fingerprint density at radius 1 is 0.826 bits per heavy atom. The molecular weight excluding hydrogens is 665 g/mol. The normalized spacial score (nSPS) is 12.3. The molecule has 0 saturated carbocycles. The zero-order valence-corrected chi connectivity index (χ0v) is 29.1.